The molecule has 2 heterocycles. The Bertz CT molecular complexity index is 785. The molecule has 0 bridgehead atoms. The molecule has 1 saturated heterocycles. The number of carbonyl (C=O) groups excluding carboxylic acids is 1. The summed E-state index contributed by atoms with van der Waals surface area (Å²) >= 11 is 0. The highest BCUT2D eigenvalue weighted by atomic mass is 19.4. The molecule has 1 aliphatic rings. The molecule has 2 aromatic rings. The summed E-state index contributed by atoms with van der Waals surface area (Å²) in [5.74, 6) is 0.332. The van der Waals surface area contributed by atoms with E-state index < -0.39 is 11.7 Å². The maximum atomic E-state index is 12.6. The van der Waals surface area contributed by atoms with Gasteiger partial charge in [-0.15, -0.1) is 0 Å². The zero-order chi connectivity index (χ0) is 20.1. The number of nitrogens with zero attached hydrogens (tertiary/aromatic N) is 2. The summed E-state index contributed by atoms with van der Waals surface area (Å²) in [6.07, 6.45) is 0.548. The molecule has 0 spiro atoms. The van der Waals surface area contributed by atoms with E-state index >= 15 is 0 Å². The van der Waals surface area contributed by atoms with Crippen molar-refractivity contribution in [3.63, 3.8) is 0 Å². The summed E-state index contributed by atoms with van der Waals surface area (Å²) in [6.45, 7) is 4.24. The van der Waals surface area contributed by atoms with Crippen LogP contribution in [0.1, 0.15) is 44.6 Å². The van der Waals surface area contributed by atoms with E-state index in [1.54, 1.807) is 6.07 Å². The van der Waals surface area contributed by atoms with Crippen LogP contribution in [-0.2, 0) is 11.0 Å². The molecule has 1 atom stereocenters. The van der Waals surface area contributed by atoms with Crippen molar-refractivity contribution in [1.82, 2.24) is 15.1 Å². The number of halogens is 3. The fraction of sp³-hybridized carbons (Fsp3) is 0.500. The van der Waals surface area contributed by atoms with E-state index in [-0.39, 0.29) is 5.91 Å². The van der Waals surface area contributed by atoms with Crippen molar-refractivity contribution in [3.8, 4) is 11.3 Å². The number of carbonyl (C=O) groups is 1. The Balaban J connectivity index is 1.49. The summed E-state index contributed by atoms with van der Waals surface area (Å²) in [7, 11) is 0. The van der Waals surface area contributed by atoms with Crippen LogP contribution in [0.15, 0.2) is 30.3 Å². The van der Waals surface area contributed by atoms with Crippen molar-refractivity contribution >= 4 is 11.7 Å². The van der Waals surface area contributed by atoms with Crippen LogP contribution in [0, 0.1) is 0 Å². The second kappa shape index (κ2) is 8.77. The lowest BCUT2D eigenvalue weighted by atomic mass is 10.0. The third-order valence-electron chi connectivity index (χ3n) is 5.15. The number of H-pyrrole nitrogens is 1. The summed E-state index contributed by atoms with van der Waals surface area (Å²) in [5, 5.41) is 9.54. The number of hydrogen-bond donors (Lipinski definition) is 2. The molecule has 0 aliphatic carbocycles. The highest BCUT2D eigenvalue weighted by molar-refractivity contribution is 5.90. The van der Waals surface area contributed by atoms with E-state index in [0.29, 0.717) is 29.5 Å². The molecule has 1 aromatic heterocycles. The zero-order valence-electron chi connectivity index (χ0n) is 15.9. The fourth-order valence-corrected chi connectivity index (χ4v) is 3.51. The number of nitrogens with one attached hydrogen (secondary N) is 2. The largest absolute Gasteiger partial charge is 0.416 e. The second-order valence-corrected chi connectivity index (χ2v) is 7.27. The van der Waals surface area contributed by atoms with E-state index in [9.17, 15) is 18.0 Å². The molecular weight excluding hydrogens is 369 g/mol. The standard InChI is InChI=1S/C20H25F3N4O/c1-14-5-2-3-11-27(14)12-4-6-19(28)24-18-13-17(25-26-18)15-7-9-16(10-8-15)20(21,22)23/h7-10,13-14H,2-6,11-12H2,1H3,(H2,24,25,26,28)/t14-/m0/s1. The van der Waals surface area contributed by atoms with Gasteiger partial charge in [0.05, 0.1) is 11.3 Å². The fourth-order valence-electron chi connectivity index (χ4n) is 3.51. The molecule has 0 saturated carbocycles. The number of aromatic nitrogens is 2. The van der Waals surface area contributed by atoms with E-state index in [4.69, 9.17) is 0 Å². The van der Waals surface area contributed by atoms with Gasteiger partial charge in [0.2, 0.25) is 5.91 Å². The van der Waals surface area contributed by atoms with E-state index in [2.05, 4.69) is 27.3 Å². The molecule has 3 rings (SSSR count). The predicted molar refractivity (Wildman–Crippen MR) is 102 cm³/mol. The summed E-state index contributed by atoms with van der Waals surface area (Å²) in [4.78, 5) is 14.6. The van der Waals surface area contributed by atoms with Crippen LogP contribution in [0.25, 0.3) is 11.3 Å². The molecule has 0 unspecified atom stereocenters. The summed E-state index contributed by atoms with van der Waals surface area (Å²) < 4.78 is 37.9. The number of amides is 1. The molecule has 152 valence electrons. The van der Waals surface area contributed by atoms with Crippen molar-refractivity contribution in [2.75, 3.05) is 18.4 Å². The number of hydrogen-bond acceptors (Lipinski definition) is 3. The van der Waals surface area contributed by atoms with Crippen molar-refractivity contribution in [2.24, 2.45) is 0 Å². The van der Waals surface area contributed by atoms with E-state index in [1.165, 1.54) is 31.4 Å². The lowest BCUT2D eigenvalue weighted by molar-refractivity contribution is -0.137. The van der Waals surface area contributed by atoms with Gasteiger partial charge in [-0.3, -0.25) is 9.89 Å². The molecule has 1 amide bonds. The lowest BCUT2D eigenvalue weighted by Gasteiger charge is -2.33. The van der Waals surface area contributed by atoms with Crippen molar-refractivity contribution in [1.29, 1.82) is 0 Å². The topological polar surface area (TPSA) is 61.0 Å². The van der Waals surface area contributed by atoms with Gasteiger partial charge in [0.15, 0.2) is 0 Å². The van der Waals surface area contributed by atoms with Gasteiger partial charge in [-0.1, -0.05) is 18.6 Å². The molecule has 28 heavy (non-hydrogen) atoms. The maximum Gasteiger partial charge on any atom is 0.416 e. The average molecular weight is 394 g/mol. The second-order valence-electron chi connectivity index (χ2n) is 7.27. The van der Waals surface area contributed by atoms with Crippen LogP contribution in [0.3, 0.4) is 0 Å². The van der Waals surface area contributed by atoms with Gasteiger partial charge in [0, 0.05) is 24.1 Å². The minimum Gasteiger partial charge on any atom is -0.311 e. The Hall–Kier alpha value is -2.35. The van der Waals surface area contributed by atoms with Crippen LogP contribution in [0.5, 0.6) is 0 Å². The third-order valence-corrected chi connectivity index (χ3v) is 5.15. The van der Waals surface area contributed by atoms with Crippen LogP contribution >= 0.6 is 0 Å². The molecule has 0 radical (unpaired) electrons. The van der Waals surface area contributed by atoms with Gasteiger partial charge in [0.1, 0.15) is 5.82 Å². The highest BCUT2D eigenvalue weighted by Gasteiger charge is 2.30. The van der Waals surface area contributed by atoms with Crippen molar-refractivity contribution in [2.45, 2.75) is 51.2 Å². The number of aromatic amines is 1. The van der Waals surface area contributed by atoms with Crippen molar-refractivity contribution in [3.05, 3.63) is 35.9 Å². The van der Waals surface area contributed by atoms with Crippen LogP contribution in [0.2, 0.25) is 0 Å². The Morgan fingerprint density at radius 3 is 2.71 bits per heavy atom. The van der Waals surface area contributed by atoms with Gasteiger partial charge in [0.25, 0.3) is 0 Å². The third kappa shape index (κ3) is 5.34. The van der Waals surface area contributed by atoms with Crippen molar-refractivity contribution < 1.29 is 18.0 Å². The molecular formula is C20H25F3N4O. The maximum absolute atomic E-state index is 12.6. The number of likely N-dealkylation sites (tertiary alicyclic amines) is 1. The molecule has 8 heteroatoms. The minimum atomic E-state index is -4.37. The first-order chi connectivity index (χ1) is 13.3. The SMILES string of the molecule is C[C@H]1CCCCN1CCCC(=O)Nc1cc(-c2ccc(C(F)(F)F)cc2)n[nH]1. The Morgan fingerprint density at radius 2 is 2.04 bits per heavy atom. The normalized spacial score (nSPS) is 18.2. The number of anilines is 1. The van der Waals surface area contributed by atoms with Gasteiger partial charge in [-0.05, 0) is 51.4 Å². The average Bonchev–Trinajstić information content (AvgIpc) is 3.11. The number of alkyl halides is 3. The Morgan fingerprint density at radius 1 is 1.29 bits per heavy atom. The predicted octanol–water partition coefficient (Wildman–Crippen LogP) is 4.69. The quantitative estimate of drug-likeness (QED) is 0.747. The summed E-state index contributed by atoms with van der Waals surface area (Å²) in [6, 6.07) is 6.96. The van der Waals surface area contributed by atoms with E-state index in [0.717, 1.165) is 31.6 Å². The highest BCUT2D eigenvalue weighted by Crippen LogP contribution is 2.31. The first-order valence-corrected chi connectivity index (χ1v) is 9.60. The molecule has 2 N–H and O–H groups in total. The Kier molecular flexibility index (Phi) is 6.39. The number of piperidine rings is 1. The lowest BCUT2D eigenvalue weighted by Crippen LogP contribution is -2.38. The van der Waals surface area contributed by atoms with Gasteiger partial charge < -0.3 is 10.2 Å². The first kappa shape index (κ1) is 20.4. The van der Waals surface area contributed by atoms with Crippen LogP contribution in [0.4, 0.5) is 19.0 Å². The molecule has 5 nitrogen and oxygen atoms in total. The van der Waals surface area contributed by atoms with E-state index in [1.807, 2.05) is 0 Å². The smallest absolute Gasteiger partial charge is 0.311 e. The zero-order valence-corrected chi connectivity index (χ0v) is 15.9. The van der Waals surface area contributed by atoms with Gasteiger partial charge >= 0.3 is 6.18 Å². The van der Waals surface area contributed by atoms with Gasteiger partial charge in [-0.2, -0.15) is 18.3 Å². The number of benzene rings is 1. The van der Waals surface area contributed by atoms with Gasteiger partial charge in [-0.25, -0.2) is 0 Å². The summed E-state index contributed by atoms with van der Waals surface area (Å²) in [5.41, 5.74) is 0.318. The molecule has 1 aliphatic heterocycles. The minimum absolute atomic E-state index is 0.104. The molecule has 1 fully saturated rings. The van der Waals surface area contributed by atoms with Crippen LogP contribution < -0.4 is 5.32 Å². The molecule has 1 aromatic carbocycles. The monoisotopic (exact) mass is 394 g/mol. The number of rotatable bonds is 6. The Labute approximate surface area is 162 Å². The van der Waals surface area contributed by atoms with Crippen LogP contribution in [-0.4, -0.2) is 40.1 Å². The first-order valence-electron chi connectivity index (χ1n) is 9.60.